The summed E-state index contributed by atoms with van der Waals surface area (Å²) in [6.45, 7) is 3.08. The summed E-state index contributed by atoms with van der Waals surface area (Å²) in [6.07, 6.45) is 4.03. The normalized spacial score (nSPS) is 15.9. The summed E-state index contributed by atoms with van der Waals surface area (Å²) in [7, 11) is -3.17. The average molecular weight is 263 g/mol. The van der Waals surface area contributed by atoms with Crippen LogP contribution in [0.3, 0.4) is 0 Å². The topological polar surface area (TPSA) is 78.5 Å². The molecule has 1 rings (SSSR count). The van der Waals surface area contributed by atoms with Gasteiger partial charge in [-0.2, -0.15) is 0 Å². The minimum Gasteiger partial charge on any atom is -0.337 e. The molecule has 0 unspecified atom stereocenters. The summed E-state index contributed by atoms with van der Waals surface area (Å²) in [5, 5.41) is 5.44. The highest BCUT2D eigenvalue weighted by molar-refractivity contribution is 7.88. The van der Waals surface area contributed by atoms with E-state index in [1.807, 2.05) is 6.92 Å². The van der Waals surface area contributed by atoms with E-state index in [1.54, 1.807) is 0 Å². The molecular formula is C10H21N3O3S. The Labute approximate surface area is 103 Å². The van der Waals surface area contributed by atoms with E-state index in [0.29, 0.717) is 25.7 Å². The first-order valence-electron chi connectivity index (χ1n) is 5.93. The van der Waals surface area contributed by atoms with Crippen LogP contribution in [-0.4, -0.2) is 50.7 Å². The Morgan fingerprint density at radius 1 is 1.35 bits per heavy atom. The Morgan fingerprint density at radius 2 is 2.00 bits per heavy atom. The van der Waals surface area contributed by atoms with Crippen LogP contribution >= 0.6 is 0 Å². The van der Waals surface area contributed by atoms with Gasteiger partial charge in [-0.1, -0.05) is 6.92 Å². The molecule has 2 amide bonds. The third kappa shape index (κ3) is 5.88. The molecule has 6 nitrogen and oxygen atoms in total. The molecule has 0 atom stereocenters. The van der Waals surface area contributed by atoms with Gasteiger partial charge in [-0.3, -0.25) is 0 Å². The maximum absolute atomic E-state index is 11.4. The van der Waals surface area contributed by atoms with Gasteiger partial charge in [0.05, 0.1) is 6.26 Å². The lowest BCUT2D eigenvalue weighted by Gasteiger charge is -2.19. The number of nitrogens with one attached hydrogen (secondary N) is 2. The molecule has 0 aromatic carbocycles. The van der Waals surface area contributed by atoms with E-state index < -0.39 is 10.0 Å². The van der Waals surface area contributed by atoms with Crippen molar-refractivity contribution in [2.75, 3.05) is 25.9 Å². The molecule has 17 heavy (non-hydrogen) atoms. The van der Waals surface area contributed by atoms with Gasteiger partial charge < -0.3 is 10.6 Å². The maximum atomic E-state index is 11.4. The zero-order valence-corrected chi connectivity index (χ0v) is 11.2. The Morgan fingerprint density at radius 3 is 2.47 bits per heavy atom. The molecule has 100 valence electrons. The van der Waals surface area contributed by atoms with Gasteiger partial charge in [-0.15, -0.1) is 0 Å². The number of sulfonamides is 1. The lowest BCUT2D eigenvalue weighted by Crippen LogP contribution is -2.42. The molecule has 2 N–H and O–H groups in total. The lowest BCUT2D eigenvalue weighted by atomic mass is 10.5. The highest BCUT2D eigenvalue weighted by atomic mass is 32.2. The van der Waals surface area contributed by atoms with Crippen molar-refractivity contribution in [2.24, 2.45) is 0 Å². The van der Waals surface area contributed by atoms with Gasteiger partial charge in [-0.05, 0) is 19.3 Å². The molecule has 1 saturated carbocycles. The second kappa shape index (κ2) is 6.20. The maximum Gasteiger partial charge on any atom is 0.315 e. The number of hydrogen-bond donors (Lipinski definition) is 2. The van der Waals surface area contributed by atoms with E-state index in [0.717, 1.165) is 19.3 Å². The van der Waals surface area contributed by atoms with E-state index in [2.05, 4.69) is 10.6 Å². The molecule has 0 radical (unpaired) electrons. The summed E-state index contributed by atoms with van der Waals surface area (Å²) >= 11 is 0. The van der Waals surface area contributed by atoms with Crippen molar-refractivity contribution in [1.29, 1.82) is 0 Å². The number of amides is 2. The monoisotopic (exact) mass is 263 g/mol. The fourth-order valence-corrected chi connectivity index (χ4v) is 2.39. The molecule has 0 bridgehead atoms. The largest absolute Gasteiger partial charge is 0.337 e. The molecular weight excluding hydrogens is 242 g/mol. The summed E-state index contributed by atoms with van der Waals surface area (Å²) < 4.78 is 24.1. The van der Waals surface area contributed by atoms with Gasteiger partial charge in [0.2, 0.25) is 10.0 Å². The molecule has 0 spiro atoms. The lowest BCUT2D eigenvalue weighted by molar-refractivity contribution is 0.239. The minimum atomic E-state index is -3.17. The third-order valence-corrected chi connectivity index (χ3v) is 3.80. The minimum absolute atomic E-state index is 0.211. The summed E-state index contributed by atoms with van der Waals surface area (Å²) in [6, 6.07) is 0.106. The van der Waals surface area contributed by atoms with E-state index >= 15 is 0 Å². The van der Waals surface area contributed by atoms with Crippen molar-refractivity contribution >= 4 is 16.1 Å². The van der Waals surface area contributed by atoms with Gasteiger partial charge in [0.25, 0.3) is 0 Å². The molecule has 0 aromatic rings. The Hall–Kier alpha value is -0.820. The number of rotatable bonds is 7. The highest BCUT2D eigenvalue weighted by Gasteiger charge is 2.23. The number of urea groups is 1. The fourth-order valence-electron chi connectivity index (χ4n) is 1.45. The van der Waals surface area contributed by atoms with Gasteiger partial charge in [0.15, 0.2) is 0 Å². The Balaban J connectivity index is 2.23. The van der Waals surface area contributed by atoms with Crippen LogP contribution in [0.1, 0.15) is 26.2 Å². The zero-order chi connectivity index (χ0) is 12.9. The summed E-state index contributed by atoms with van der Waals surface area (Å²) in [5.74, 6) is 0. The first kappa shape index (κ1) is 14.2. The Kier molecular flexibility index (Phi) is 5.20. The summed E-state index contributed by atoms with van der Waals surface area (Å²) in [4.78, 5) is 11.3. The fraction of sp³-hybridized carbons (Fsp3) is 0.900. The van der Waals surface area contributed by atoms with Crippen molar-refractivity contribution < 1.29 is 13.2 Å². The molecule has 0 aliphatic heterocycles. The van der Waals surface area contributed by atoms with Crippen molar-refractivity contribution in [3.05, 3.63) is 0 Å². The van der Waals surface area contributed by atoms with E-state index in [1.165, 1.54) is 10.6 Å². The molecule has 0 saturated heterocycles. The predicted octanol–water partition coefficient (Wildman–Crippen LogP) is 0.120. The Bertz CT molecular complexity index is 352. The van der Waals surface area contributed by atoms with Crippen molar-refractivity contribution in [3.8, 4) is 0 Å². The average Bonchev–Trinajstić information content (AvgIpc) is 2.99. The predicted molar refractivity (Wildman–Crippen MR) is 66.3 cm³/mol. The van der Waals surface area contributed by atoms with Crippen LogP contribution in [0, 0.1) is 0 Å². The van der Waals surface area contributed by atoms with Crippen LogP contribution in [0.25, 0.3) is 0 Å². The van der Waals surface area contributed by atoms with Crippen LogP contribution in [-0.2, 0) is 10.0 Å². The van der Waals surface area contributed by atoms with Crippen molar-refractivity contribution in [3.63, 3.8) is 0 Å². The van der Waals surface area contributed by atoms with E-state index in [9.17, 15) is 13.2 Å². The second-order valence-corrected chi connectivity index (χ2v) is 6.32. The number of carbonyl (C=O) groups is 1. The number of hydrogen-bond acceptors (Lipinski definition) is 3. The zero-order valence-electron chi connectivity index (χ0n) is 10.4. The number of carbonyl (C=O) groups excluding carboxylic acids is 1. The molecule has 7 heteroatoms. The molecule has 1 fully saturated rings. The first-order valence-corrected chi connectivity index (χ1v) is 7.77. The molecule has 0 aromatic heterocycles. The van der Waals surface area contributed by atoms with E-state index in [4.69, 9.17) is 0 Å². The smallest absolute Gasteiger partial charge is 0.315 e. The van der Waals surface area contributed by atoms with Crippen LogP contribution in [0.4, 0.5) is 4.79 Å². The van der Waals surface area contributed by atoms with Gasteiger partial charge in [0.1, 0.15) is 0 Å². The number of nitrogens with zero attached hydrogens (tertiary/aromatic N) is 1. The van der Waals surface area contributed by atoms with Crippen LogP contribution in [0.2, 0.25) is 0 Å². The van der Waals surface area contributed by atoms with Gasteiger partial charge >= 0.3 is 6.03 Å². The third-order valence-electron chi connectivity index (χ3n) is 2.50. The SMILES string of the molecule is CCCN(CCNC(=O)NC1CC1)S(C)(=O)=O. The van der Waals surface area contributed by atoms with Crippen LogP contribution in [0.15, 0.2) is 0 Å². The molecule has 1 aliphatic rings. The quantitative estimate of drug-likeness (QED) is 0.685. The van der Waals surface area contributed by atoms with Crippen LogP contribution in [0.5, 0.6) is 0 Å². The second-order valence-electron chi connectivity index (χ2n) is 4.34. The van der Waals surface area contributed by atoms with Gasteiger partial charge in [-0.25, -0.2) is 17.5 Å². The summed E-state index contributed by atoms with van der Waals surface area (Å²) in [5.41, 5.74) is 0. The van der Waals surface area contributed by atoms with E-state index in [-0.39, 0.29) is 6.03 Å². The van der Waals surface area contributed by atoms with Crippen molar-refractivity contribution in [2.45, 2.75) is 32.2 Å². The van der Waals surface area contributed by atoms with Crippen molar-refractivity contribution in [1.82, 2.24) is 14.9 Å². The van der Waals surface area contributed by atoms with Gasteiger partial charge in [0, 0.05) is 25.7 Å². The van der Waals surface area contributed by atoms with Crippen LogP contribution < -0.4 is 10.6 Å². The molecule has 1 aliphatic carbocycles. The molecule has 0 heterocycles. The first-order chi connectivity index (χ1) is 7.93. The standard InChI is InChI=1S/C10H21N3O3S/c1-3-7-13(17(2,15)16)8-6-11-10(14)12-9-4-5-9/h9H,3-8H2,1-2H3,(H2,11,12,14). The highest BCUT2D eigenvalue weighted by Crippen LogP contribution is 2.18.